The van der Waals surface area contributed by atoms with Crippen LogP contribution in [0.3, 0.4) is 0 Å². The molecular formula is C21H23BF3N3O5. The fourth-order valence-corrected chi connectivity index (χ4v) is 3.52. The van der Waals surface area contributed by atoms with Crippen molar-refractivity contribution in [3.8, 4) is 0 Å². The van der Waals surface area contributed by atoms with E-state index in [1.165, 1.54) is 24.1 Å². The molecule has 2 aromatic carbocycles. The molecule has 0 unspecified atom stereocenters. The highest BCUT2D eigenvalue weighted by Gasteiger charge is 2.29. The molecular weight excluding hydrogens is 442 g/mol. The van der Waals surface area contributed by atoms with Crippen molar-refractivity contribution in [3.63, 3.8) is 0 Å². The Bertz CT molecular complexity index is 1020. The van der Waals surface area contributed by atoms with Crippen molar-refractivity contribution in [3.05, 3.63) is 64.5 Å². The summed E-state index contributed by atoms with van der Waals surface area (Å²) in [6.45, 7) is -0.339. The van der Waals surface area contributed by atoms with Gasteiger partial charge in [-0.2, -0.15) is 0 Å². The van der Waals surface area contributed by atoms with Crippen LogP contribution in [-0.2, 0) is 27.4 Å². The number of nitrogens with one attached hydrogen (secondary N) is 1. The monoisotopic (exact) mass is 465 g/mol. The Morgan fingerprint density at radius 3 is 2.64 bits per heavy atom. The van der Waals surface area contributed by atoms with Crippen LogP contribution in [0, 0.1) is 17.5 Å². The zero-order valence-electron chi connectivity index (χ0n) is 17.8. The molecule has 0 saturated heterocycles. The molecule has 0 aliphatic carbocycles. The number of nitrogens with zero attached hydrogens (tertiary/aromatic N) is 1. The summed E-state index contributed by atoms with van der Waals surface area (Å²) in [6, 6.07) is 4.72. The number of carbonyl (C=O) groups is 2. The molecule has 2 amide bonds. The van der Waals surface area contributed by atoms with E-state index >= 15 is 0 Å². The largest absolute Gasteiger partial charge is 0.491 e. The van der Waals surface area contributed by atoms with E-state index in [0.717, 1.165) is 0 Å². The number of amides is 2. The lowest BCUT2D eigenvalue weighted by atomic mass is 9.79. The summed E-state index contributed by atoms with van der Waals surface area (Å²) in [5, 5.41) is 9.76. The molecule has 3 rings (SSSR count). The molecule has 8 nitrogen and oxygen atoms in total. The Balaban J connectivity index is 1.80. The van der Waals surface area contributed by atoms with Crippen LogP contribution in [-0.4, -0.2) is 48.6 Å². The fourth-order valence-electron chi connectivity index (χ4n) is 3.52. The lowest BCUT2D eigenvalue weighted by molar-refractivity contribution is -0.132. The number of hydrogen-bond acceptors (Lipinski definition) is 6. The summed E-state index contributed by atoms with van der Waals surface area (Å²) in [5.41, 5.74) is 8.78. The quantitative estimate of drug-likeness (QED) is 0.372. The first kappa shape index (κ1) is 24.7. The number of halogens is 3. The van der Waals surface area contributed by atoms with E-state index in [4.69, 9.17) is 10.4 Å². The van der Waals surface area contributed by atoms with Crippen LogP contribution < -0.4 is 16.7 Å². The van der Waals surface area contributed by atoms with Gasteiger partial charge >= 0.3 is 7.12 Å². The molecule has 4 N–H and O–H groups in total. The first-order valence-electron chi connectivity index (χ1n) is 10.1. The Labute approximate surface area is 188 Å². The van der Waals surface area contributed by atoms with E-state index in [9.17, 15) is 27.8 Å². The summed E-state index contributed by atoms with van der Waals surface area (Å²) in [6.07, 6.45) is 0.402. The van der Waals surface area contributed by atoms with Gasteiger partial charge in [0.2, 0.25) is 0 Å². The first-order valence-corrected chi connectivity index (χ1v) is 10.1. The fraction of sp³-hybridized carbons (Fsp3) is 0.333. The standard InChI is InChI=1S/C21H23BF3N3O5/c1-32-27-20(29)19(26)3-2-6-28(10-15-17(24)8-14(23)9-18(15)25)21(30)12-4-5-16-13(7-12)11-33-22(16)31/h4-5,7-9,19,31H,2-3,6,10-11,26H2,1H3,(H,27,29)/t19-/m0/s1. The molecule has 0 fully saturated rings. The maximum absolute atomic E-state index is 14.3. The SMILES string of the molecule is CONC(=O)[C@@H](N)CCCN(Cc1c(F)cc(F)cc1F)C(=O)c1ccc2c(c1)COB2O. The number of nitrogens with two attached hydrogens (primary N) is 1. The average Bonchev–Trinajstić information content (AvgIpc) is 3.14. The van der Waals surface area contributed by atoms with Crippen molar-refractivity contribution in [2.75, 3.05) is 13.7 Å². The molecule has 176 valence electrons. The number of rotatable bonds is 9. The third kappa shape index (κ3) is 5.91. The third-order valence-electron chi connectivity index (χ3n) is 5.28. The summed E-state index contributed by atoms with van der Waals surface area (Å²) in [5.74, 6) is -4.40. The minimum Gasteiger partial charge on any atom is -0.423 e. The maximum atomic E-state index is 14.3. The van der Waals surface area contributed by atoms with Gasteiger partial charge in [-0.15, -0.1) is 0 Å². The molecule has 0 saturated carbocycles. The molecule has 12 heteroatoms. The van der Waals surface area contributed by atoms with Gasteiger partial charge in [-0.25, -0.2) is 18.7 Å². The van der Waals surface area contributed by atoms with Crippen LogP contribution in [0.2, 0.25) is 0 Å². The van der Waals surface area contributed by atoms with Gasteiger partial charge in [-0.05, 0) is 36.0 Å². The van der Waals surface area contributed by atoms with Crippen LogP contribution in [0.4, 0.5) is 13.2 Å². The number of benzene rings is 2. The molecule has 2 aromatic rings. The summed E-state index contributed by atoms with van der Waals surface area (Å²) < 4.78 is 46.9. The van der Waals surface area contributed by atoms with Crippen molar-refractivity contribution in [1.29, 1.82) is 0 Å². The zero-order valence-corrected chi connectivity index (χ0v) is 17.8. The zero-order chi connectivity index (χ0) is 24.1. The number of hydrogen-bond donors (Lipinski definition) is 3. The van der Waals surface area contributed by atoms with Gasteiger partial charge < -0.3 is 20.3 Å². The van der Waals surface area contributed by atoms with Crippen LogP contribution in [0.1, 0.15) is 34.3 Å². The van der Waals surface area contributed by atoms with Crippen molar-refractivity contribution in [2.45, 2.75) is 32.0 Å². The minimum absolute atomic E-state index is 0.0132. The lowest BCUT2D eigenvalue weighted by Crippen LogP contribution is -2.41. The topological polar surface area (TPSA) is 114 Å². The van der Waals surface area contributed by atoms with E-state index in [1.54, 1.807) is 6.07 Å². The van der Waals surface area contributed by atoms with Crippen LogP contribution in [0.25, 0.3) is 0 Å². The molecule has 1 aliphatic heterocycles. The van der Waals surface area contributed by atoms with E-state index < -0.39 is 54.5 Å². The minimum atomic E-state index is -1.12. The van der Waals surface area contributed by atoms with E-state index in [1.807, 2.05) is 0 Å². The van der Waals surface area contributed by atoms with Gasteiger partial charge in [0.1, 0.15) is 17.5 Å². The maximum Gasteiger partial charge on any atom is 0.491 e. The van der Waals surface area contributed by atoms with Crippen molar-refractivity contribution in [2.24, 2.45) is 5.73 Å². The van der Waals surface area contributed by atoms with Gasteiger partial charge in [0.05, 0.1) is 26.3 Å². The Morgan fingerprint density at radius 2 is 1.97 bits per heavy atom. The normalized spacial score (nSPS) is 13.6. The van der Waals surface area contributed by atoms with Gasteiger partial charge in [-0.1, -0.05) is 6.07 Å². The summed E-state index contributed by atoms with van der Waals surface area (Å²) in [7, 11) is 0.180. The number of hydroxylamine groups is 1. The molecule has 0 bridgehead atoms. The van der Waals surface area contributed by atoms with Crippen molar-refractivity contribution in [1.82, 2.24) is 10.4 Å². The van der Waals surface area contributed by atoms with Crippen LogP contribution in [0.15, 0.2) is 30.3 Å². The number of carbonyl (C=O) groups excluding carboxylic acids is 2. The molecule has 0 aromatic heterocycles. The summed E-state index contributed by atoms with van der Waals surface area (Å²) in [4.78, 5) is 30.6. The predicted octanol–water partition coefficient (Wildman–Crippen LogP) is 0.749. The number of fused-ring (bicyclic) bond motifs is 1. The molecule has 0 spiro atoms. The van der Waals surface area contributed by atoms with Crippen LogP contribution in [0.5, 0.6) is 0 Å². The Morgan fingerprint density at radius 1 is 1.27 bits per heavy atom. The van der Waals surface area contributed by atoms with E-state index in [0.29, 0.717) is 23.2 Å². The van der Waals surface area contributed by atoms with Gasteiger partial charge in [-0.3, -0.25) is 14.4 Å². The third-order valence-corrected chi connectivity index (χ3v) is 5.28. The predicted molar refractivity (Wildman–Crippen MR) is 112 cm³/mol. The molecule has 1 atom stereocenters. The van der Waals surface area contributed by atoms with Crippen molar-refractivity contribution < 1.29 is 37.3 Å². The molecule has 0 radical (unpaired) electrons. The molecule has 1 heterocycles. The summed E-state index contributed by atoms with van der Waals surface area (Å²) >= 11 is 0. The average molecular weight is 465 g/mol. The highest BCUT2D eigenvalue weighted by atomic mass is 19.1. The Hall–Kier alpha value is -2.93. The van der Waals surface area contributed by atoms with Gasteiger partial charge in [0, 0.05) is 29.8 Å². The van der Waals surface area contributed by atoms with Crippen LogP contribution >= 0.6 is 0 Å². The molecule has 1 aliphatic rings. The highest BCUT2D eigenvalue weighted by Crippen LogP contribution is 2.20. The van der Waals surface area contributed by atoms with E-state index in [2.05, 4.69) is 10.3 Å². The first-order chi connectivity index (χ1) is 15.7. The van der Waals surface area contributed by atoms with Crippen molar-refractivity contribution >= 4 is 24.4 Å². The second kappa shape index (κ2) is 10.8. The molecule has 33 heavy (non-hydrogen) atoms. The second-order valence-electron chi connectivity index (χ2n) is 7.57. The van der Waals surface area contributed by atoms with Gasteiger partial charge in [0.25, 0.3) is 11.8 Å². The Kier molecular flexibility index (Phi) is 8.08. The van der Waals surface area contributed by atoms with E-state index in [-0.39, 0.29) is 31.6 Å². The second-order valence-corrected chi connectivity index (χ2v) is 7.57. The highest BCUT2D eigenvalue weighted by molar-refractivity contribution is 6.61. The van der Waals surface area contributed by atoms with Gasteiger partial charge in [0.15, 0.2) is 0 Å². The smallest absolute Gasteiger partial charge is 0.423 e. The lowest BCUT2D eigenvalue weighted by Gasteiger charge is -2.24.